The Morgan fingerprint density at radius 1 is 1.11 bits per heavy atom. The molecular formula is C29H35NO14. The summed E-state index contributed by atoms with van der Waals surface area (Å²) in [5.74, 6) is -7.10. The zero-order valence-electron chi connectivity index (χ0n) is 24.5. The number of aliphatic carboxylic acids is 2. The fourth-order valence-electron chi connectivity index (χ4n) is 6.30. The van der Waals surface area contributed by atoms with Gasteiger partial charge in [-0.25, -0.2) is 14.4 Å². The molecule has 4 rings (SSSR count). The van der Waals surface area contributed by atoms with Gasteiger partial charge in [0, 0.05) is 18.0 Å². The summed E-state index contributed by atoms with van der Waals surface area (Å²) < 4.78 is 21.1. The summed E-state index contributed by atoms with van der Waals surface area (Å²) in [6.07, 6.45) is -6.88. The van der Waals surface area contributed by atoms with Gasteiger partial charge in [-0.1, -0.05) is 6.07 Å². The van der Waals surface area contributed by atoms with Crippen LogP contribution < -0.4 is 4.74 Å². The van der Waals surface area contributed by atoms with Crippen molar-refractivity contribution in [3.8, 4) is 11.5 Å². The van der Waals surface area contributed by atoms with E-state index < -0.39 is 78.1 Å². The first-order valence-corrected chi connectivity index (χ1v) is 13.9. The fraction of sp³-hybridized carbons (Fsp3) is 0.552. The van der Waals surface area contributed by atoms with Gasteiger partial charge in [-0.3, -0.25) is 9.59 Å². The molecule has 1 spiro atoms. The molecule has 5 N–H and O–H groups in total. The first-order valence-electron chi connectivity index (χ1n) is 13.9. The van der Waals surface area contributed by atoms with Crippen LogP contribution in [0.3, 0.4) is 0 Å². The van der Waals surface area contributed by atoms with Gasteiger partial charge in [-0.15, -0.1) is 0 Å². The average Bonchev–Trinajstić information content (AvgIpc) is 3.31. The van der Waals surface area contributed by atoms with Crippen LogP contribution in [0.4, 0.5) is 0 Å². The zero-order chi connectivity index (χ0) is 32.7. The van der Waals surface area contributed by atoms with Gasteiger partial charge in [0.05, 0.1) is 23.9 Å². The summed E-state index contributed by atoms with van der Waals surface area (Å²) in [5.41, 5.74) is -1.14. The maximum Gasteiger partial charge on any atom is 0.348 e. The molecule has 2 aliphatic heterocycles. The Balaban J connectivity index is 1.47. The fourth-order valence-corrected chi connectivity index (χ4v) is 6.30. The number of piperidine rings is 1. The van der Waals surface area contributed by atoms with E-state index in [0.717, 1.165) is 12.5 Å². The number of hydrogen-bond donors (Lipinski definition) is 5. The first kappa shape index (κ1) is 32.7. The van der Waals surface area contributed by atoms with E-state index in [2.05, 4.69) is 4.74 Å². The Bertz CT molecular complexity index is 1410. The number of carbonyl (C=O) groups is 5. The van der Waals surface area contributed by atoms with E-state index in [1.165, 1.54) is 12.1 Å². The Hall–Kier alpha value is -4.21. The maximum absolute atomic E-state index is 12.9. The molecule has 15 nitrogen and oxygen atoms in total. The Kier molecular flexibility index (Phi) is 8.96. The second kappa shape index (κ2) is 12.1. The maximum atomic E-state index is 12.9. The molecule has 1 aromatic carbocycles. The number of carboxylic acid groups (broad SMARTS) is 2. The number of aryl methyl sites for hydroxylation is 1. The lowest BCUT2D eigenvalue weighted by atomic mass is 9.54. The highest BCUT2D eigenvalue weighted by atomic mass is 16.6. The average molecular weight is 622 g/mol. The third-order valence-electron chi connectivity index (χ3n) is 8.72. The second-order valence-electron chi connectivity index (χ2n) is 11.4. The number of hydrogen-bond acceptors (Lipinski definition) is 13. The number of phenolic OH excluding ortho intramolecular Hbond substituents is 1. The molecule has 1 aliphatic carbocycles. The largest absolute Gasteiger partial charge is 0.504 e. The highest BCUT2D eigenvalue weighted by molar-refractivity contribution is 5.86. The van der Waals surface area contributed by atoms with Gasteiger partial charge in [0.2, 0.25) is 6.10 Å². The van der Waals surface area contributed by atoms with Gasteiger partial charge < -0.3 is 49.4 Å². The number of nitrogens with zero attached hydrogens (tertiary/aromatic N) is 1. The van der Waals surface area contributed by atoms with Crippen molar-refractivity contribution < 1.29 is 68.5 Å². The number of benzene rings is 1. The zero-order valence-corrected chi connectivity index (χ0v) is 24.5. The number of aromatic hydroxyl groups is 1. The molecule has 15 heteroatoms. The van der Waals surface area contributed by atoms with Crippen molar-refractivity contribution in [2.24, 2.45) is 0 Å². The van der Waals surface area contributed by atoms with Gasteiger partial charge in [0.25, 0.3) is 0 Å². The van der Waals surface area contributed by atoms with Crippen molar-refractivity contribution in [1.82, 2.24) is 4.90 Å². The van der Waals surface area contributed by atoms with Crippen molar-refractivity contribution in [3.63, 3.8) is 0 Å². The summed E-state index contributed by atoms with van der Waals surface area (Å²) in [6, 6.07) is 2.82. The van der Waals surface area contributed by atoms with Gasteiger partial charge in [0.1, 0.15) is 5.76 Å². The van der Waals surface area contributed by atoms with Crippen molar-refractivity contribution in [2.45, 2.75) is 87.9 Å². The number of aliphatic hydroxyl groups excluding tert-OH is 1. The molecule has 1 aromatic rings. The van der Waals surface area contributed by atoms with E-state index in [1.807, 2.05) is 25.8 Å². The number of esters is 3. The lowest BCUT2D eigenvalue weighted by molar-refractivity contribution is -0.179. The number of fused-ring (bicyclic) bond motifs is 1. The quantitative estimate of drug-likeness (QED) is 0.173. The summed E-state index contributed by atoms with van der Waals surface area (Å²) in [4.78, 5) is 61.3. The molecule has 0 radical (unpaired) electrons. The van der Waals surface area contributed by atoms with Gasteiger partial charge in [-0.05, 0) is 58.5 Å². The number of phenols is 1. The van der Waals surface area contributed by atoms with Crippen LogP contribution in [0.1, 0.15) is 50.7 Å². The van der Waals surface area contributed by atoms with Crippen LogP contribution in [-0.2, 0) is 43.6 Å². The van der Waals surface area contributed by atoms with Gasteiger partial charge in [-0.2, -0.15) is 0 Å². The molecule has 44 heavy (non-hydrogen) atoms. The van der Waals surface area contributed by atoms with Crippen molar-refractivity contribution in [2.75, 3.05) is 13.6 Å². The monoisotopic (exact) mass is 621 g/mol. The predicted octanol–water partition coefficient (Wildman–Crippen LogP) is 0.139. The molecule has 0 aromatic heterocycles. The molecule has 0 bridgehead atoms. The third-order valence-corrected chi connectivity index (χ3v) is 8.72. The van der Waals surface area contributed by atoms with E-state index in [9.17, 15) is 39.3 Å². The number of carbonyl (C=O) groups excluding carboxylic acids is 3. The van der Waals surface area contributed by atoms with Crippen LogP contribution in [0.2, 0.25) is 0 Å². The number of likely N-dealkylation sites (tertiary alicyclic amines) is 1. The van der Waals surface area contributed by atoms with E-state index in [1.54, 1.807) is 6.07 Å². The number of aliphatic hydroxyl groups is 2. The minimum absolute atomic E-state index is 0.0195. The molecule has 3 aliphatic rings. The molecule has 1 fully saturated rings. The van der Waals surface area contributed by atoms with Crippen LogP contribution in [0.5, 0.6) is 11.5 Å². The van der Waals surface area contributed by atoms with Crippen molar-refractivity contribution in [3.05, 3.63) is 35.1 Å². The molecule has 0 amide bonds. The summed E-state index contributed by atoms with van der Waals surface area (Å²) >= 11 is 0. The number of carboxylic acids is 2. The SMILES string of the molecule is Cc1ccc(O)c2c1[C@]13CCN(C)[C@H](C)[C@]1(O)CC=C(OC(=O)[C@@H](O)CC(=O)O[C@@H](C)C(=O)O[C@@H](CC(=O)O)C(=O)O)[C@@H]3O2. The Labute approximate surface area is 251 Å². The molecular weight excluding hydrogens is 586 g/mol. The lowest BCUT2D eigenvalue weighted by Gasteiger charge is -2.58. The normalized spacial score (nSPS) is 27.6. The van der Waals surface area contributed by atoms with E-state index in [-0.39, 0.29) is 29.7 Å². The molecule has 0 unspecified atom stereocenters. The summed E-state index contributed by atoms with van der Waals surface area (Å²) in [5, 5.41) is 51.1. The summed E-state index contributed by atoms with van der Waals surface area (Å²) in [7, 11) is 1.88. The van der Waals surface area contributed by atoms with E-state index >= 15 is 0 Å². The smallest absolute Gasteiger partial charge is 0.348 e. The number of rotatable bonds is 10. The third kappa shape index (κ3) is 5.57. The predicted molar refractivity (Wildman–Crippen MR) is 145 cm³/mol. The minimum atomic E-state index is -2.06. The van der Waals surface area contributed by atoms with E-state index in [0.29, 0.717) is 18.5 Å². The second-order valence-corrected chi connectivity index (χ2v) is 11.4. The highest BCUT2D eigenvalue weighted by Crippen LogP contribution is 2.62. The van der Waals surface area contributed by atoms with E-state index in [4.69, 9.17) is 24.4 Å². The minimum Gasteiger partial charge on any atom is -0.504 e. The van der Waals surface area contributed by atoms with Gasteiger partial charge >= 0.3 is 29.8 Å². The van der Waals surface area contributed by atoms with Crippen LogP contribution in [-0.4, -0.2) is 110 Å². The lowest BCUT2D eigenvalue weighted by Crippen LogP contribution is -2.71. The number of likely N-dealkylation sites (N-methyl/N-ethyl adjacent to an activating group) is 1. The standard InChI is InChI=1S/C29H35NO14/c1-13-5-6-16(31)23-22(13)28-9-10-30(4)15(3)29(28,40)8-7-18(24(28)44-23)42-27(39)17(32)11-21(35)41-14(2)26(38)43-19(25(36)37)12-20(33)34/h5-7,14-15,17,19,24,31-32,40H,8-12H2,1-4H3,(H,33,34)(H,36,37)/t14-,15+,17-,19-,24-,28-,29+/m0/s1. The highest BCUT2D eigenvalue weighted by Gasteiger charge is 2.69. The molecule has 7 atom stereocenters. The molecule has 240 valence electrons. The van der Waals surface area contributed by atoms with Crippen molar-refractivity contribution >= 4 is 29.8 Å². The van der Waals surface area contributed by atoms with Crippen LogP contribution in [0.25, 0.3) is 0 Å². The van der Waals surface area contributed by atoms with Crippen molar-refractivity contribution in [1.29, 1.82) is 0 Å². The first-order chi connectivity index (χ1) is 20.5. The topological polar surface area (TPSA) is 227 Å². The molecule has 1 saturated heterocycles. The Morgan fingerprint density at radius 3 is 2.43 bits per heavy atom. The van der Waals surface area contributed by atoms with Gasteiger partial charge in [0.15, 0.2) is 29.8 Å². The Morgan fingerprint density at radius 2 is 1.80 bits per heavy atom. The molecule has 0 saturated carbocycles. The van der Waals surface area contributed by atoms with Crippen LogP contribution in [0, 0.1) is 6.92 Å². The van der Waals surface area contributed by atoms with Crippen LogP contribution >= 0.6 is 0 Å². The van der Waals surface area contributed by atoms with Crippen LogP contribution in [0.15, 0.2) is 24.0 Å². The summed E-state index contributed by atoms with van der Waals surface area (Å²) in [6.45, 7) is 5.29. The number of ether oxygens (including phenoxy) is 4. The molecule has 2 heterocycles.